The fourth-order valence-corrected chi connectivity index (χ4v) is 3.84. The van der Waals surface area contributed by atoms with E-state index in [1.54, 1.807) is 29.5 Å². The number of benzene rings is 1. The number of aryl methyl sites for hydroxylation is 2. The number of thiophene rings is 1. The van der Waals surface area contributed by atoms with Crippen molar-refractivity contribution >= 4 is 34.5 Å². The average Bonchev–Trinajstić information content (AvgIpc) is 2.99. The molecule has 1 heterocycles. The van der Waals surface area contributed by atoms with Crippen molar-refractivity contribution in [1.82, 2.24) is 5.32 Å². The van der Waals surface area contributed by atoms with Crippen LogP contribution in [0.5, 0.6) is 0 Å². The zero-order valence-electron chi connectivity index (χ0n) is 10.9. The normalized spacial score (nSPS) is 13.2. The zero-order valence-corrected chi connectivity index (χ0v) is 12.5. The maximum absolute atomic E-state index is 12.1. The third-order valence-corrected chi connectivity index (χ3v) is 4.95. The number of carbonyl (C=O) groups excluding carboxylic acids is 1. The molecular formula is C15H15ClN2OS. The predicted octanol–water partition coefficient (Wildman–Crippen LogP) is 3.40. The Morgan fingerprint density at radius 1 is 1.35 bits per heavy atom. The summed E-state index contributed by atoms with van der Waals surface area (Å²) < 4.78 is 0. The Kier molecular flexibility index (Phi) is 3.68. The first-order valence-corrected chi connectivity index (χ1v) is 7.76. The van der Waals surface area contributed by atoms with Gasteiger partial charge in [-0.25, -0.2) is 0 Å². The van der Waals surface area contributed by atoms with Crippen molar-refractivity contribution in [1.29, 1.82) is 0 Å². The molecule has 3 nitrogen and oxygen atoms in total. The Hall–Kier alpha value is -1.52. The van der Waals surface area contributed by atoms with E-state index in [0.29, 0.717) is 22.8 Å². The predicted molar refractivity (Wildman–Crippen MR) is 83.4 cm³/mol. The molecule has 1 amide bonds. The SMILES string of the molecule is Nc1ccc(Cl)cc1C(=O)NCc1cc2c(s1)CCC2. The van der Waals surface area contributed by atoms with Gasteiger partial charge in [-0.2, -0.15) is 0 Å². The summed E-state index contributed by atoms with van der Waals surface area (Å²) in [7, 11) is 0. The number of hydrogen-bond acceptors (Lipinski definition) is 3. The topological polar surface area (TPSA) is 55.1 Å². The molecule has 20 heavy (non-hydrogen) atoms. The fourth-order valence-electron chi connectivity index (χ4n) is 2.47. The van der Waals surface area contributed by atoms with E-state index in [0.717, 1.165) is 0 Å². The second-order valence-electron chi connectivity index (χ2n) is 4.93. The van der Waals surface area contributed by atoms with Crippen LogP contribution in [0, 0.1) is 0 Å². The van der Waals surface area contributed by atoms with E-state index in [9.17, 15) is 4.79 Å². The van der Waals surface area contributed by atoms with Crippen molar-refractivity contribution in [3.05, 3.63) is 50.2 Å². The highest BCUT2D eigenvalue weighted by molar-refractivity contribution is 7.12. The highest BCUT2D eigenvalue weighted by Crippen LogP contribution is 2.30. The summed E-state index contributed by atoms with van der Waals surface area (Å²) in [6, 6.07) is 7.13. The van der Waals surface area contributed by atoms with Crippen LogP contribution in [0.4, 0.5) is 5.69 Å². The van der Waals surface area contributed by atoms with Crippen LogP contribution in [-0.4, -0.2) is 5.91 Å². The van der Waals surface area contributed by atoms with E-state index in [-0.39, 0.29) is 5.91 Å². The largest absolute Gasteiger partial charge is 0.398 e. The molecule has 1 aromatic heterocycles. The van der Waals surface area contributed by atoms with Crippen LogP contribution in [0.3, 0.4) is 0 Å². The summed E-state index contributed by atoms with van der Waals surface area (Å²) in [5.74, 6) is -0.182. The Bertz CT molecular complexity index is 644. The molecule has 1 aliphatic carbocycles. The van der Waals surface area contributed by atoms with Crippen LogP contribution in [0.1, 0.15) is 32.1 Å². The highest BCUT2D eigenvalue weighted by Gasteiger charge is 2.16. The minimum Gasteiger partial charge on any atom is -0.398 e. The van der Waals surface area contributed by atoms with Gasteiger partial charge in [-0.1, -0.05) is 11.6 Å². The van der Waals surface area contributed by atoms with Crippen molar-refractivity contribution in [2.75, 3.05) is 5.73 Å². The molecule has 1 aliphatic rings. The lowest BCUT2D eigenvalue weighted by atomic mass is 10.1. The third-order valence-electron chi connectivity index (χ3n) is 3.48. The molecule has 0 fully saturated rings. The Balaban J connectivity index is 1.68. The number of carbonyl (C=O) groups is 1. The summed E-state index contributed by atoms with van der Waals surface area (Å²) in [6.45, 7) is 0.544. The minimum absolute atomic E-state index is 0.182. The molecule has 0 aliphatic heterocycles. The maximum Gasteiger partial charge on any atom is 0.253 e. The average molecular weight is 307 g/mol. The molecule has 0 spiro atoms. The first kappa shape index (κ1) is 13.5. The van der Waals surface area contributed by atoms with Crippen LogP contribution < -0.4 is 11.1 Å². The third kappa shape index (κ3) is 2.67. The molecule has 0 saturated carbocycles. The lowest BCUT2D eigenvalue weighted by Gasteiger charge is -2.07. The lowest BCUT2D eigenvalue weighted by Crippen LogP contribution is -2.23. The number of anilines is 1. The maximum atomic E-state index is 12.1. The van der Waals surface area contributed by atoms with Gasteiger partial charge in [0.2, 0.25) is 0 Å². The Morgan fingerprint density at radius 2 is 2.20 bits per heavy atom. The Labute approximate surface area is 126 Å². The lowest BCUT2D eigenvalue weighted by molar-refractivity contribution is 0.0952. The summed E-state index contributed by atoms with van der Waals surface area (Å²) in [6.07, 6.45) is 3.60. The van der Waals surface area contributed by atoms with E-state index >= 15 is 0 Å². The number of amides is 1. The molecule has 0 atom stereocenters. The van der Waals surface area contributed by atoms with E-state index < -0.39 is 0 Å². The van der Waals surface area contributed by atoms with Gasteiger partial charge in [0.15, 0.2) is 0 Å². The highest BCUT2D eigenvalue weighted by atomic mass is 35.5. The first-order chi connectivity index (χ1) is 9.63. The molecule has 3 N–H and O–H groups in total. The van der Waals surface area contributed by atoms with Crippen LogP contribution in [-0.2, 0) is 19.4 Å². The summed E-state index contributed by atoms with van der Waals surface area (Å²) >= 11 is 7.69. The summed E-state index contributed by atoms with van der Waals surface area (Å²) in [5, 5.41) is 3.42. The van der Waals surface area contributed by atoms with Gasteiger partial charge >= 0.3 is 0 Å². The van der Waals surface area contributed by atoms with Crippen LogP contribution in [0.25, 0.3) is 0 Å². The molecule has 2 aromatic rings. The van der Waals surface area contributed by atoms with E-state index in [2.05, 4.69) is 11.4 Å². The molecule has 3 rings (SSSR count). The molecule has 0 radical (unpaired) electrons. The van der Waals surface area contributed by atoms with Crippen molar-refractivity contribution in [2.24, 2.45) is 0 Å². The second kappa shape index (κ2) is 5.46. The van der Waals surface area contributed by atoms with E-state index in [1.807, 2.05) is 0 Å². The van der Waals surface area contributed by atoms with Gasteiger partial charge in [-0.05, 0) is 49.1 Å². The zero-order chi connectivity index (χ0) is 14.1. The molecule has 1 aromatic carbocycles. The molecule has 0 saturated heterocycles. The van der Waals surface area contributed by atoms with Crippen molar-refractivity contribution in [2.45, 2.75) is 25.8 Å². The van der Waals surface area contributed by atoms with Gasteiger partial charge in [0, 0.05) is 20.5 Å². The number of nitrogens with one attached hydrogen (secondary N) is 1. The van der Waals surface area contributed by atoms with Gasteiger partial charge < -0.3 is 11.1 Å². The fraction of sp³-hybridized carbons (Fsp3) is 0.267. The van der Waals surface area contributed by atoms with E-state index in [4.69, 9.17) is 17.3 Å². The monoisotopic (exact) mass is 306 g/mol. The first-order valence-electron chi connectivity index (χ1n) is 6.57. The van der Waals surface area contributed by atoms with Crippen molar-refractivity contribution in [3.8, 4) is 0 Å². The molecule has 0 unspecified atom stereocenters. The summed E-state index contributed by atoms with van der Waals surface area (Å²) in [4.78, 5) is 14.8. The number of fused-ring (bicyclic) bond motifs is 1. The van der Waals surface area contributed by atoms with Crippen molar-refractivity contribution in [3.63, 3.8) is 0 Å². The number of nitrogen functional groups attached to an aromatic ring is 1. The van der Waals surface area contributed by atoms with Gasteiger partial charge in [0.1, 0.15) is 0 Å². The van der Waals surface area contributed by atoms with Crippen molar-refractivity contribution < 1.29 is 4.79 Å². The van der Waals surface area contributed by atoms with Gasteiger partial charge in [-0.15, -0.1) is 11.3 Å². The number of halogens is 1. The molecular weight excluding hydrogens is 292 g/mol. The van der Waals surface area contributed by atoms with Gasteiger partial charge in [0.05, 0.1) is 12.1 Å². The second-order valence-corrected chi connectivity index (χ2v) is 6.59. The number of rotatable bonds is 3. The summed E-state index contributed by atoms with van der Waals surface area (Å²) in [5.41, 5.74) is 8.12. The molecule has 5 heteroatoms. The molecule has 104 valence electrons. The number of hydrogen-bond donors (Lipinski definition) is 2. The Morgan fingerprint density at radius 3 is 3.00 bits per heavy atom. The standard InChI is InChI=1S/C15H15ClN2OS/c16-10-4-5-13(17)12(7-10)15(19)18-8-11-6-9-2-1-3-14(9)20-11/h4-7H,1-3,8,17H2,(H,18,19). The quantitative estimate of drug-likeness (QED) is 0.854. The van der Waals surface area contributed by atoms with Crippen LogP contribution in [0.2, 0.25) is 5.02 Å². The molecule has 0 bridgehead atoms. The number of nitrogens with two attached hydrogens (primary N) is 1. The van der Waals surface area contributed by atoms with E-state index in [1.165, 1.54) is 34.6 Å². The minimum atomic E-state index is -0.182. The van der Waals surface area contributed by atoms with Crippen LogP contribution >= 0.6 is 22.9 Å². The van der Waals surface area contributed by atoms with Crippen LogP contribution in [0.15, 0.2) is 24.3 Å². The van der Waals surface area contributed by atoms with Gasteiger partial charge in [0.25, 0.3) is 5.91 Å². The van der Waals surface area contributed by atoms with Gasteiger partial charge in [-0.3, -0.25) is 4.79 Å². The smallest absolute Gasteiger partial charge is 0.253 e.